The summed E-state index contributed by atoms with van der Waals surface area (Å²) in [6.45, 7) is 3.03. The molecule has 8 nitrogen and oxygen atoms in total. The lowest BCUT2D eigenvalue weighted by atomic mass is 10.00. The standard InChI is InChI=1S/C23H26F3N5O3/c1-12(15-5-4-6-17(19(15)24)23(25,26)11-32)27-21-16-9-18(31-8-7-14(10-31)34-3)22(33)28-20(16)13(2)29-30-21/h4-6,9,12,14,32H,7-8,10-11H2,1-3H3,(H,27,30)(H,28,33)/t12-,14+/m1/s1. The fraction of sp³-hybridized carbons (Fsp3) is 0.435. The first-order chi connectivity index (χ1) is 16.2. The maximum absolute atomic E-state index is 14.9. The summed E-state index contributed by atoms with van der Waals surface area (Å²) >= 11 is 0. The molecule has 2 atom stereocenters. The molecule has 0 amide bonds. The van der Waals surface area contributed by atoms with Gasteiger partial charge in [-0.25, -0.2) is 4.39 Å². The largest absolute Gasteiger partial charge is 0.390 e. The second-order valence-electron chi connectivity index (χ2n) is 8.44. The molecule has 3 heterocycles. The highest BCUT2D eigenvalue weighted by Crippen LogP contribution is 2.34. The number of alkyl halides is 2. The van der Waals surface area contributed by atoms with Crippen LogP contribution in [0, 0.1) is 12.7 Å². The molecule has 1 aliphatic heterocycles. The Morgan fingerprint density at radius 3 is 2.82 bits per heavy atom. The predicted molar refractivity (Wildman–Crippen MR) is 122 cm³/mol. The van der Waals surface area contributed by atoms with Crippen molar-refractivity contribution in [1.82, 2.24) is 15.2 Å². The Labute approximate surface area is 193 Å². The van der Waals surface area contributed by atoms with E-state index in [2.05, 4.69) is 20.5 Å². The number of ether oxygens (including phenoxy) is 1. The summed E-state index contributed by atoms with van der Waals surface area (Å²) in [6, 6.07) is 4.58. The molecule has 0 spiro atoms. The molecule has 1 fully saturated rings. The van der Waals surface area contributed by atoms with Crippen molar-refractivity contribution in [2.24, 2.45) is 0 Å². The molecular weight excluding hydrogens is 451 g/mol. The van der Waals surface area contributed by atoms with Gasteiger partial charge < -0.3 is 25.0 Å². The van der Waals surface area contributed by atoms with Crippen LogP contribution in [-0.2, 0) is 10.7 Å². The Kier molecular flexibility index (Phi) is 6.50. The maximum atomic E-state index is 14.9. The minimum absolute atomic E-state index is 0.0201. The first-order valence-electron chi connectivity index (χ1n) is 10.9. The summed E-state index contributed by atoms with van der Waals surface area (Å²) in [5, 5.41) is 20.8. The molecule has 1 aromatic carbocycles. The number of aromatic nitrogens is 3. The third-order valence-electron chi connectivity index (χ3n) is 6.20. The maximum Gasteiger partial charge on any atom is 0.298 e. The number of hydrogen-bond acceptors (Lipinski definition) is 7. The number of aliphatic hydroxyl groups is 1. The summed E-state index contributed by atoms with van der Waals surface area (Å²) in [5.41, 5.74) is 0.253. The number of benzene rings is 1. The Balaban J connectivity index is 1.73. The molecule has 11 heteroatoms. The first-order valence-corrected chi connectivity index (χ1v) is 10.9. The van der Waals surface area contributed by atoms with Crippen LogP contribution >= 0.6 is 0 Å². The Morgan fingerprint density at radius 1 is 1.38 bits per heavy atom. The topological polar surface area (TPSA) is 103 Å². The number of hydrogen-bond donors (Lipinski definition) is 3. The molecule has 4 rings (SSSR count). The van der Waals surface area contributed by atoms with E-state index in [1.807, 2.05) is 4.90 Å². The van der Waals surface area contributed by atoms with E-state index in [9.17, 15) is 18.0 Å². The van der Waals surface area contributed by atoms with Crippen LogP contribution in [0.2, 0.25) is 0 Å². The number of rotatable bonds is 7. The van der Waals surface area contributed by atoms with Crippen LogP contribution < -0.4 is 15.8 Å². The van der Waals surface area contributed by atoms with Crippen molar-refractivity contribution in [1.29, 1.82) is 0 Å². The number of nitrogens with one attached hydrogen (secondary N) is 2. The second-order valence-corrected chi connectivity index (χ2v) is 8.44. The molecule has 1 saturated heterocycles. The molecular formula is C23H26F3N5O3. The minimum Gasteiger partial charge on any atom is -0.390 e. The van der Waals surface area contributed by atoms with Crippen molar-refractivity contribution >= 4 is 22.4 Å². The Hall–Kier alpha value is -3.18. The molecule has 182 valence electrons. The van der Waals surface area contributed by atoms with Crippen molar-refractivity contribution in [2.75, 3.05) is 37.0 Å². The van der Waals surface area contributed by atoms with Crippen LogP contribution in [0.3, 0.4) is 0 Å². The third-order valence-corrected chi connectivity index (χ3v) is 6.20. The molecule has 0 unspecified atom stereocenters. The highest BCUT2D eigenvalue weighted by molar-refractivity contribution is 5.92. The third kappa shape index (κ3) is 4.32. The van der Waals surface area contributed by atoms with Gasteiger partial charge in [0.1, 0.15) is 18.1 Å². The van der Waals surface area contributed by atoms with E-state index in [0.717, 1.165) is 12.5 Å². The summed E-state index contributed by atoms with van der Waals surface area (Å²) in [6.07, 6.45) is 0.815. The minimum atomic E-state index is -3.71. The number of anilines is 2. The Bertz CT molecular complexity index is 1270. The molecule has 0 bridgehead atoms. The second kappa shape index (κ2) is 9.22. The molecule has 1 aliphatic rings. The van der Waals surface area contributed by atoms with Gasteiger partial charge in [-0.1, -0.05) is 12.1 Å². The molecule has 0 aliphatic carbocycles. The van der Waals surface area contributed by atoms with Crippen LogP contribution in [0.25, 0.3) is 10.9 Å². The van der Waals surface area contributed by atoms with Crippen LogP contribution in [0.4, 0.5) is 24.7 Å². The molecule has 2 aromatic heterocycles. The number of nitrogens with zero attached hydrogens (tertiary/aromatic N) is 3. The van der Waals surface area contributed by atoms with Gasteiger partial charge in [0.05, 0.1) is 28.9 Å². The zero-order valence-corrected chi connectivity index (χ0v) is 19.0. The van der Waals surface area contributed by atoms with Gasteiger partial charge in [-0.05, 0) is 32.4 Å². The smallest absolute Gasteiger partial charge is 0.298 e. The zero-order chi connectivity index (χ0) is 24.6. The van der Waals surface area contributed by atoms with E-state index in [0.29, 0.717) is 35.4 Å². The fourth-order valence-corrected chi connectivity index (χ4v) is 4.24. The van der Waals surface area contributed by atoms with E-state index in [-0.39, 0.29) is 23.0 Å². The van der Waals surface area contributed by atoms with Gasteiger partial charge in [0, 0.05) is 31.1 Å². The van der Waals surface area contributed by atoms with Crippen LogP contribution in [-0.4, -0.2) is 53.2 Å². The number of halogens is 3. The number of aromatic amines is 1. The van der Waals surface area contributed by atoms with Crippen molar-refractivity contribution in [2.45, 2.75) is 38.3 Å². The van der Waals surface area contributed by atoms with Gasteiger partial charge in [-0.2, -0.15) is 13.9 Å². The zero-order valence-electron chi connectivity index (χ0n) is 19.0. The lowest BCUT2D eigenvalue weighted by molar-refractivity contribution is -0.0583. The fourth-order valence-electron chi connectivity index (χ4n) is 4.24. The lowest BCUT2D eigenvalue weighted by Gasteiger charge is -2.21. The number of H-pyrrole nitrogens is 1. The van der Waals surface area contributed by atoms with Crippen molar-refractivity contribution in [3.8, 4) is 0 Å². The number of methoxy groups -OCH3 is 1. The van der Waals surface area contributed by atoms with Crippen LogP contribution in [0.15, 0.2) is 29.1 Å². The molecule has 0 saturated carbocycles. The summed E-state index contributed by atoms with van der Waals surface area (Å²) in [5.74, 6) is -4.55. The first kappa shape index (κ1) is 24.0. The van der Waals surface area contributed by atoms with Gasteiger partial charge in [0.2, 0.25) is 0 Å². The van der Waals surface area contributed by atoms with Gasteiger partial charge in [0.25, 0.3) is 11.5 Å². The monoisotopic (exact) mass is 477 g/mol. The number of aliphatic hydroxyl groups excluding tert-OH is 1. The quantitative estimate of drug-likeness (QED) is 0.480. The normalized spacial score (nSPS) is 17.4. The Morgan fingerprint density at radius 2 is 2.15 bits per heavy atom. The highest BCUT2D eigenvalue weighted by atomic mass is 19.3. The van der Waals surface area contributed by atoms with E-state index in [1.54, 1.807) is 27.0 Å². The van der Waals surface area contributed by atoms with Gasteiger partial charge in [-0.3, -0.25) is 4.79 Å². The molecule has 0 radical (unpaired) electrons. The van der Waals surface area contributed by atoms with Crippen molar-refractivity contribution < 1.29 is 23.0 Å². The summed E-state index contributed by atoms with van der Waals surface area (Å²) < 4.78 is 48.3. The summed E-state index contributed by atoms with van der Waals surface area (Å²) in [4.78, 5) is 17.6. The number of aryl methyl sites for hydroxylation is 1. The van der Waals surface area contributed by atoms with Crippen LogP contribution in [0.5, 0.6) is 0 Å². The van der Waals surface area contributed by atoms with Gasteiger partial charge >= 0.3 is 0 Å². The van der Waals surface area contributed by atoms with Crippen molar-refractivity contribution in [3.05, 3.63) is 57.3 Å². The van der Waals surface area contributed by atoms with E-state index in [1.165, 1.54) is 12.1 Å². The van der Waals surface area contributed by atoms with Crippen molar-refractivity contribution in [3.63, 3.8) is 0 Å². The van der Waals surface area contributed by atoms with E-state index in [4.69, 9.17) is 9.84 Å². The van der Waals surface area contributed by atoms with Gasteiger partial charge in [0.15, 0.2) is 5.82 Å². The summed E-state index contributed by atoms with van der Waals surface area (Å²) in [7, 11) is 1.63. The van der Waals surface area contributed by atoms with E-state index >= 15 is 0 Å². The predicted octanol–water partition coefficient (Wildman–Crippen LogP) is 3.25. The average molecular weight is 477 g/mol. The SMILES string of the molecule is CO[C@H]1CCN(c2cc3c(N[C@H](C)c4cccc(C(F)(F)CO)c4F)nnc(C)c3[nH]c2=O)C1. The molecule has 3 aromatic rings. The highest BCUT2D eigenvalue weighted by Gasteiger charge is 2.35. The number of fused-ring (bicyclic) bond motifs is 1. The number of pyridine rings is 1. The van der Waals surface area contributed by atoms with Crippen LogP contribution in [0.1, 0.15) is 36.2 Å². The van der Waals surface area contributed by atoms with E-state index < -0.39 is 30.0 Å². The average Bonchev–Trinajstić information content (AvgIpc) is 3.30. The van der Waals surface area contributed by atoms with Gasteiger partial charge in [-0.15, -0.1) is 5.10 Å². The lowest BCUT2D eigenvalue weighted by Crippen LogP contribution is -2.28. The molecule has 3 N–H and O–H groups in total. The molecule has 34 heavy (non-hydrogen) atoms.